The number of likely N-dealkylation sites (N-methyl/N-ethyl adjacent to an activating group) is 1. The fourth-order valence-electron chi connectivity index (χ4n) is 4.18. The summed E-state index contributed by atoms with van der Waals surface area (Å²) in [4.78, 5) is 14.0. The van der Waals surface area contributed by atoms with Crippen LogP contribution < -0.4 is 19.7 Å². The first kappa shape index (κ1) is 25.6. The van der Waals surface area contributed by atoms with E-state index in [2.05, 4.69) is 39.3 Å². The Labute approximate surface area is 228 Å². The van der Waals surface area contributed by atoms with E-state index in [9.17, 15) is 0 Å². The van der Waals surface area contributed by atoms with E-state index in [0.29, 0.717) is 33.9 Å². The highest BCUT2D eigenvalue weighted by atomic mass is 35.5. The first-order chi connectivity index (χ1) is 18.6. The number of rotatable bonds is 8. The molecule has 38 heavy (non-hydrogen) atoms. The van der Waals surface area contributed by atoms with Gasteiger partial charge in [0.25, 0.3) is 0 Å². The van der Waals surface area contributed by atoms with Crippen LogP contribution in [0.5, 0.6) is 17.4 Å². The molecule has 7 nitrogen and oxygen atoms in total. The summed E-state index contributed by atoms with van der Waals surface area (Å²) in [7, 11) is 3.77. The monoisotopic (exact) mass is 527 g/mol. The number of aromatic nitrogens is 2. The molecule has 1 fully saturated rings. The molecule has 0 saturated carbocycles. The zero-order valence-electron chi connectivity index (χ0n) is 21.5. The highest BCUT2D eigenvalue weighted by molar-refractivity contribution is 6.32. The molecule has 0 unspecified atom stereocenters. The molecule has 3 aromatic carbocycles. The summed E-state index contributed by atoms with van der Waals surface area (Å²) >= 11 is 6.34. The molecule has 0 bridgehead atoms. The molecule has 2 heterocycles. The Kier molecular flexibility index (Phi) is 8.06. The van der Waals surface area contributed by atoms with Crippen molar-refractivity contribution in [3.8, 4) is 17.4 Å². The third-order valence-corrected chi connectivity index (χ3v) is 6.74. The van der Waals surface area contributed by atoms with E-state index in [-0.39, 0.29) is 0 Å². The Morgan fingerprint density at radius 3 is 2.26 bits per heavy atom. The fraction of sp³-hybridized carbons (Fsp3) is 0.200. The highest BCUT2D eigenvalue weighted by Gasteiger charge is 2.15. The number of halogens is 1. The van der Waals surface area contributed by atoms with Gasteiger partial charge in [0.15, 0.2) is 11.5 Å². The molecular weight excluding hydrogens is 498 g/mol. The molecule has 8 heteroatoms. The van der Waals surface area contributed by atoms with Crippen LogP contribution in [0.3, 0.4) is 0 Å². The van der Waals surface area contributed by atoms with Crippen molar-refractivity contribution in [3.63, 3.8) is 0 Å². The second kappa shape index (κ2) is 12.0. The number of ether oxygens (including phenoxy) is 2. The summed E-state index contributed by atoms with van der Waals surface area (Å²) in [6.45, 7) is 4.19. The minimum atomic E-state index is 0.393. The van der Waals surface area contributed by atoms with Crippen molar-refractivity contribution in [3.05, 3.63) is 95.1 Å². The molecule has 1 aliphatic heterocycles. The van der Waals surface area contributed by atoms with Crippen molar-refractivity contribution in [1.29, 1.82) is 0 Å². The lowest BCUT2D eigenvalue weighted by Crippen LogP contribution is -2.44. The lowest BCUT2D eigenvalue weighted by molar-refractivity contribution is 0.313. The predicted octanol–water partition coefficient (Wildman–Crippen LogP) is 6.60. The summed E-state index contributed by atoms with van der Waals surface area (Å²) in [5.41, 5.74) is 3.70. The van der Waals surface area contributed by atoms with Crippen LogP contribution in [0.4, 0.5) is 17.3 Å². The van der Waals surface area contributed by atoms with Crippen LogP contribution in [-0.2, 0) is 0 Å². The van der Waals surface area contributed by atoms with Gasteiger partial charge in [-0.2, -0.15) is 4.98 Å². The minimum absolute atomic E-state index is 0.393. The summed E-state index contributed by atoms with van der Waals surface area (Å²) in [5, 5.41) is 3.96. The molecule has 1 aliphatic rings. The average Bonchev–Trinajstić information content (AvgIpc) is 2.95. The second-order valence-corrected chi connectivity index (χ2v) is 9.43. The summed E-state index contributed by atoms with van der Waals surface area (Å²) in [5.74, 6) is 1.99. The van der Waals surface area contributed by atoms with Crippen molar-refractivity contribution < 1.29 is 9.47 Å². The number of para-hydroxylation sites is 2. The molecule has 0 aliphatic carbocycles. The van der Waals surface area contributed by atoms with Crippen LogP contribution in [-0.4, -0.2) is 55.2 Å². The topological polar surface area (TPSA) is 62.8 Å². The number of nitrogens with zero attached hydrogens (tertiary/aromatic N) is 4. The van der Waals surface area contributed by atoms with E-state index in [4.69, 9.17) is 26.1 Å². The predicted molar refractivity (Wildman–Crippen MR) is 155 cm³/mol. The van der Waals surface area contributed by atoms with Crippen molar-refractivity contribution in [2.45, 2.75) is 0 Å². The summed E-state index contributed by atoms with van der Waals surface area (Å²) in [6, 6.07) is 23.4. The largest absolute Gasteiger partial charge is 0.493 e. The van der Waals surface area contributed by atoms with Gasteiger partial charge in [-0.15, -0.1) is 0 Å². The molecule has 1 N–H and O–H groups in total. The third-order valence-electron chi connectivity index (χ3n) is 6.40. The first-order valence-corrected chi connectivity index (χ1v) is 12.9. The number of anilines is 3. The average molecular weight is 528 g/mol. The first-order valence-electron chi connectivity index (χ1n) is 12.5. The fourth-order valence-corrected chi connectivity index (χ4v) is 4.38. The Balaban J connectivity index is 1.39. The van der Waals surface area contributed by atoms with Crippen LogP contribution in [0.25, 0.3) is 12.2 Å². The number of hydrogen-bond acceptors (Lipinski definition) is 7. The zero-order chi connectivity index (χ0) is 26.3. The maximum absolute atomic E-state index is 6.34. The number of methoxy groups -OCH3 is 1. The maximum atomic E-state index is 6.34. The van der Waals surface area contributed by atoms with Gasteiger partial charge in [0, 0.05) is 48.8 Å². The normalized spacial score (nSPS) is 14.0. The van der Waals surface area contributed by atoms with Crippen LogP contribution >= 0.6 is 11.6 Å². The van der Waals surface area contributed by atoms with Gasteiger partial charge < -0.3 is 24.6 Å². The van der Waals surface area contributed by atoms with Gasteiger partial charge in [0.05, 0.1) is 12.7 Å². The van der Waals surface area contributed by atoms with Crippen LogP contribution in [0.1, 0.15) is 11.1 Å². The van der Waals surface area contributed by atoms with Gasteiger partial charge in [-0.05, 0) is 61.2 Å². The van der Waals surface area contributed by atoms with Gasteiger partial charge in [0.2, 0.25) is 11.8 Å². The number of benzene rings is 3. The van der Waals surface area contributed by atoms with Crippen molar-refractivity contribution in [2.75, 3.05) is 50.6 Å². The quantitative estimate of drug-likeness (QED) is 0.277. The molecular formula is C30H30ClN5O2. The minimum Gasteiger partial charge on any atom is -0.493 e. The van der Waals surface area contributed by atoms with E-state index >= 15 is 0 Å². The van der Waals surface area contributed by atoms with E-state index in [0.717, 1.165) is 37.4 Å². The second-order valence-electron chi connectivity index (χ2n) is 9.02. The Morgan fingerprint density at radius 1 is 0.842 bits per heavy atom. The molecule has 4 aromatic rings. The van der Waals surface area contributed by atoms with Crippen LogP contribution in [0, 0.1) is 0 Å². The van der Waals surface area contributed by atoms with E-state index < -0.39 is 0 Å². The molecule has 5 rings (SSSR count). The SMILES string of the molecule is COc1ccccc1Oc1nc(Nc2ccc(N3CCN(C)CC3)cc2)ncc1/C=C/c1ccccc1Cl. The summed E-state index contributed by atoms with van der Waals surface area (Å²) < 4.78 is 11.7. The van der Waals surface area contributed by atoms with Crippen LogP contribution in [0.2, 0.25) is 5.02 Å². The van der Waals surface area contributed by atoms with Crippen molar-refractivity contribution in [1.82, 2.24) is 14.9 Å². The van der Waals surface area contributed by atoms with Gasteiger partial charge in [-0.1, -0.05) is 48.0 Å². The van der Waals surface area contributed by atoms with Gasteiger partial charge in [-0.3, -0.25) is 0 Å². The zero-order valence-corrected chi connectivity index (χ0v) is 22.2. The molecule has 194 valence electrons. The molecule has 0 radical (unpaired) electrons. The van der Waals surface area contributed by atoms with Gasteiger partial charge in [-0.25, -0.2) is 4.98 Å². The third kappa shape index (κ3) is 6.25. The number of nitrogens with one attached hydrogen (secondary N) is 1. The van der Waals surface area contributed by atoms with E-state index in [1.165, 1.54) is 5.69 Å². The Hall–Kier alpha value is -4.07. The lowest BCUT2D eigenvalue weighted by Gasteiger charge is -2.34. The molecule has 0 amide bonds. The van der Waals surface area contributed by atoms with Crippen molar-refractivity contribution in [2.24, 2.45) is 0 Å². The maximum Gasteiger partial charge on any atom is 0.231 e. The number of hydrogen-bond donors (Lipinski definition) is 1. The van der Waals surface area contributed by atoms with E-state index in [1.807, 2.05) is 72.8 Å². The highest BCUT2D eigenvalue weighted by Crippen LogP contribution is 2.33. The molecule has 1 saturated heterocycles. The summed E-state index contributed by atoms with van der Waals surface area (Å²) in [6.07, 6.45) is 5.53. The standard InChI is InChI=1S/C30H30ClN5O2/c1-35-17-19-36(20-18-35)25-15-13-24(14-16-25)33-30-32-21-23(12-11-22-7-3-4-8-26(22)31)29(34-30)38-28-10-6-5-9-27(28)37-2/h3-16,21H,17-20H2,1-2H3,(H,32,33,34)/b12-11+. The smallest absolute Gasteiger partial charge is 0.231 e. The van der Waals surface area contributed by atoms with E-state index in [1.54, 1.807) is 13.3 Å². The Bertz CT molecular complexity index is 1400. The Morgan fingerprint density at radius 2 is 1.53 bits per heavy atom. The lowest BCUT2D eigenvalue weighted by atomic mass is 10.2. The van der Waals surface area contributed by atoms with Crippen LogP contribution in [0.15, 0.2) is 79.0 Å². The molecule has 1 aromatic heterocycles. The van der Waals surface area contributed by atoms with Gasteiger partial charge in [0.1, 0.15) is 0 Å². The van der Waals surface area contributed by atoms with Crippen molar-refractivity contribution >= 4 is 41.1 Å². The molecule has 0 spiro atoms. The van der Waals surface area contributed by atoms with Gasteiger partial charge >= 0.3 is 0 Å². The number of piperazine rings is 1. The molecule has 0 atom stereocenters.